The molecule has 1 aromatic rings. The van der Waals surface area contributed by atoms with Crippen LogP contribution >= 0.6 is 11.8 Å². The molecule has 1 fully saturated rings. The van der Waals surface area contributed by atoms with Crippen molar-refractivity contribution < 1.29 is 4.42 Å². The van der Waals surface area contributed by atoms with E-state index in [0.717, 1.165) is 12.3 Å². The van der Waals surface area contributed by atoms with Gasteiger partial charge >= 0.3 is 0 Å². The highest BCUT2D eigenvalue weighted by Gasteiger charge is 2.26. The van der Waals surface area contributed by atoms with E-state index in [1.54, 1.807) is 6.26 Å². The Morgan fingerprint density at radius 1 is 1.60 bits per heavy atom. The molecule has 1 aliphatic heterocycles. The summed E-state index contributed by atoms with van der Waals surface area (Å²) >= 11 is 2.09. The van der Waals surface area contributed by atoms with Crippen molar-refractivity contribution in [1.82, 2.24) is 5.32 Å². The first-order valence-electron chi connectivity index (χ1n) is 5.80. The van der Waals surface area contributed by atoms with Gasteiger partial charge in [0, 0.05) is 5.25 Å². The Labute approximate surface area is 95.8 Å². The van der Waals surface area contributed by atoms with Gasteiger partial charge in [-0.1, -0.05) is 13.3 Å². The summed E-state index contributed by atoms with van der Waals surface area (Å²) < 4.78 is 5.53. The van der Waals surface area contributed by atoms with Gasteiger partial charge in [0.05, 0.1) is 12.3 Å². The molecule has 3 heteroatoms. The topological polar surface area (TPSA) is 25.2 Å². The Kier molecular flexibility index (Phi) is 4.15. The Balaban J connectivity index is 2.04. The molecule has 2 unspecified atom stereocenters. The fourth-order valence-corrected chi connectivity index (χ4v) is 3.56. The van der Waals surface area contributed by atoms with Crippen molar-refractivity contribution >= 4 is 11.8 Å². The first-order chi connectivity index (χ1) is 7.42. The maximum atomic E-state index is 5.53. The zero-order valence-corrected chi connectivity index (χ0v) is 10.1. The van der Waals surface area contributed by atoms with E-state index in [1.165, 1.54) is 25.0 Å². The first kappa shape index (κ1) is 11.1. The van der Waals surface area contributed by atoms with Crippen molar-refractivity contribution in [3.05, 3.63) is 24.2 Å². The zero-order valence-electron chi connectivity index (χ0n) is 9.24. The molecule has 2 nitrogen and oxygen atoms in total. The van der Waals surface area contributed by atoms with Gasteiger partial charge in [-0.05, 0) is 37.3 Å². The monoisotopic (exact) mass is 225 g/mol. The third-order valence-corrected chi connectivity index (χ3v) is 4.32. The summed E-state index contributed by atoms with van der Waals surface area (Å²) in [6.07, 6.45) is 5.81. The average molecular weight is 225 g/mol. The normalized spacial score (nSPS) is 23.9. The van der Waals surface area contributed by atoms with E-state index in [2.05, 4.69) is 30.1 Å². The highest BCUT2D eigenvalue weighted by Crippen LogP contribution is 2.34. The minimum atomic E-state index is 0.398. The number of rotatable bonds is 4. The van der Waals surface area contributed by atoms with E-state index in [1.807, 2.05) is 6.07 Å². The van der Waals surface area contributed by atoms with Crippen molar-refractivity contribution in [2.45, 2.75) is 37.5 Å². The van der Waals surface area contributed by atoms with Crippen LogP contribution in [0.15, 0.2) is 22.8 Å². The lowest BCUT2D eigenvalue weighted by Crippen LogP contribution is -2.31. The van der Waals surface area contributed by atoms with Gasteiger partial charge in [-0.25, -0.2) is 0 Å². The van der Waals surface area contributed by atoms with Crippen LogP contribution in [-0.2, 0) is 0 Å². The van der Waals surface area contributed by atoms with Gasteiger partial charge in [0.2, 0.25) is 0 Å². The van der Waals surface area contributed by atoms with Crippen molar-refractivity contribution in [3.8, 4) is 0 Å². The first-order valence-corrected chi connectivity index (χ1v) is 6.85. The molecule has 2 heterocycles. The third-order valence-electron chi connectivity index (χ3n) is 2.86. The molecule has 0 radical (unpaired) electrons. The number of thioether (sulfide) groups is 1. The molecule has 2 rings (SSSR count). The summed E-state index contributed by atoms with van der Waals surface area (Å²) in [5.74, 6) is 2.39. The molecular weight excluding hydrogens is 206 g/mol. The van der Waals surface area contributed by atoms with E-state index in [0.29, 0.717) is 11.3 Å². The summed E-state index contributed by atoms with van der Waals surface area (Å²) in [5, 5.41) is 4.23. The summed E-state index contributed by atoms with van der Waals surface area (Å²) in [6, 6.07) is 4.46. The Morgan fingerprint density at radius 3 is 3.13 bits per heavy atom. The van der Waals surface area contributed by atoms with Crippen LogP contribution in [0.4, 0.5) is 0 Å². The largest absolute Gasteiger partial charge is 0.468 e. The van der Waals surface area contributed by atoms with Crippen LogP contribution in [-0.4, -0.2) is 17.5 Å². The molecule has 0 aromatic carbocycles. The minimum absolute atomic E-state index is 0.398. The molecule has 1 N–H and O–H groups in total. The highest BCUT2D eigenvalue weighted by atomic mass is 32.2. The number of nitrogens with one attached hydrogen (secondary N) is 1. The molecule has 1 aliphatic rings. The van der Waals surface area contributed by atoms with Gasteiger partial charge in [-0.2, -0.15) is 11.8 Å². The van der Waals surface area contributed by atoms with E-state index >= 15 is 0 Å². The fourth-order valence-electron chi connectivity index (χ4n) is 2.13. The zero-order chi connectivity index (χ0) is 10.5. The minimum Gasteiger partial charge on any atom is -0.468 e. The van der Waals surface area contributed by atoms with Crippen LogP contribution in [0.3, 0.4) is 0 Å². The number of hydrogen-bond acceptors (Lipinski definition) is 3. The Morgan fingerprint density at radius 2 is 2.53 bits per heavy atom. The predicted octanol–water partition coefficient (Wildman–Crippen LogP) is 3.22. The maximum absolute atomic E-state index is 5.53. The molecule has 2 atom stereocenters. The summed E-state index contributed by atoms with van der Waals surface area (Å²) in [6.45, 7) is 3.16. The molecule has 1 saturated heterocycles. The quantitative estimate of drug-likeness (QED) is 0.851. The second-order valence-electron chi connectivity index (χ2n) is 3.96. The van der Waals surface area contributed by atoms with E-state index in [4.69, 9.17) is 4.42 Å². The van der Waals surface area contributed by atoms with Crippen LogP contribution < -0.4 is 5.32 Å². The van der Waals surface area contributed by atoms with Crippen molar-refractivity contribution in [2.24, 2.45) is 0 Å². The van der Waals surface area contributed by atoms with Gasteiger partial charge in [-0.3, -0.25) is 0 Å². The second kappa shape index (κ2) is 5.61. The molecule has 0 bridgehead atoms. The van der Waals surface area contributed by atoms with Crippen molar-refractivity contribution in [2.75, 3.05) is 12.3 Å². The standard InChI is InChI=1S/C12H19NOS/c1-2-13-12(10-6-5-8-14-10)11-7-3-4-9-15-11/h5-6,8,11-13H,2-4,7,9H2,1H3. The third kappa shape index (κ3) is 2.79. The van der Waals surface area contributed by atoms with Gasteiger partial charge in [0.15, 0.2) is 0 Å². The predicted molar refractivity (Wildman–Crippen MR) is 65.2 cm³/mol. The average Bonchev–Trinajstić information content (AvgIpc) is 2.80. The van der Waals surface area contributed by atoms with Crippen molar-refractivity contribution in [1.29, 1.82) is 0 Å². The molecule has 15 heavy (non-hydrogen) atoms. The lowest BCUT2D eigenvalue weighted by Gasteiger charge is -2.28. The lowest BCUT2D eigenvalue weighted by molar-refractivity contribution is 0.395. The Bertz CT molecular complexity index is 267. The van der Waals surface area contributed by atoms with Gasteiger partial charge in [0.1, 0.15) is 5.76 Å². The van der Waals surface area contributed by atoms with Crippen molar-refractivity contribution in [3.63, 3.8) is 0 Å². The van der Waals surface area contributed by atoms with Gasteiger partial charge in [-0.15, -0.1) is 0 Å². The van der Waals surface area contributed by atoms with Crippen LogP contribution in [0.25, 0.3) is 0 Å². The molecule has 0 saturated carbocycles. The van der Waals surface area contributed by atoms with Crippen LogP contribution in [0.1, 0.15) is 38.0 Å². The summed E-state index contributed by atoms with van der Waals surface area (Å²) in [7, 11) is 0. The van der Waals surface area contributed by atoms with Gasteiger partial charge in [0.25, 0.3) is 0 Å². The number of hydrogen-bond donors (Lipinski definition) is 1. The highest BCUT2D eigenvalue weighted by molar-refractivity contribution is 8.00. The van der Waals surface area contributed by atoms with Crippen LogP contribution in [0, 0.1) is 0 Å². The summed E-state index contributed by atoms with van der Waals surface area (Å²) in [4.78, 5) is 0. The molecule has 84 valence electrons. The maximum Gasteiger partial charge on any atom is 0.121 e. The molecule has 1 aromatic heterocycles. The summed E-state index contributed by atoms with van der Waals surface area (Å²) in [5.41, 5.74) is 0. The molecule has 0 amide bonds. The smallest absolute Gasteiger partial charge is 0.121 e. The lowest BCUT2D eigenvalue weighted by atomic mass is 10.0. The van der Waals surface area contributed by atoms with Crippen LogP contribution in [0.5, 0.6) is 0 Å². The van der Waals surface area contributed by atoms with Gasteiger partial charge < -0.3 is 9.73 Å². The van der Waals surface area contributed by atoms with E-state index in [9.17, 15) is 0 Å². The Hall–Kier alpha value is -0.410. The van der Waals surface area contributed by atoms with E-state index in [-0.39, 0.29) is 0 Å². The second-order valence-corrected chi connectivity index (χ2v) is 5.30. The fraction of sp³-hybridized carbons (Fsp3) is 0.667. The molecule has 0 spiro atoms. The van der Waals surface area contributed by atoms with Crippen LogP contribution in [0.2, 0.25) is 0 Å². The molecular formula is C12H19NOS. The molecule has 0 aliphatic carbocycles. The number of furan rings is 1. The SMILES string of the molecule is CCNC(c1ccco1)C1CCCCS1. The van der Waals surface area contributed by atoms with E-state index < -0.39 is 0 Å².